The summed E-state index contributed by atoms with van der Waals surface area (Å²) >= 11 is 0. The molecule has 1 aliphatic rings. The van der Waals surface area contributed by atoms with E-state index in [4.69, 9.17) is 4.74 Å². The summed E-state index contributed by atoms with van der Waals surface area (Å²) in [5.74, 6) is -0.336. The molecule has 0 aliphatic heterocycles. The van der Waals surface area contributed by atoms with Gasteiger partial charge in [-0.25, -0.2) is 4.39 Å². The molecule has 2 nitrogen and oxygen atoms in total. The summed E-state index contributed by atoms with van der Waals surface area (Å²) in [5.41, 5.74) is 0. The van der Waals surface area contributed by atoms with Gasteiger partial charge in [0.1, 0.15) is 6.10 Å². The second-order valence-corrected chi connectivity index (χ2v) is 4.90. The Hall–Kier alpha value is -0.860. The average molecular weight is 228 g/mol. The van der Waals surface area contributed by atoms with Crippen LogP contribution in [0.2, 0.25) is 0 Å². The van der Waals surface area contributed by atoms with Crippen molar-refractivity contribution in [1.82, 2.24) is 0 Å². The van der Waals surface area contributed by atoms with E-state index in [0.29, 0.717) is 18.7 Å². The third kappa shape index (κ3) is 4.33. The van der Waals surface area contributed by atoms with Gasteiger partial charge in [-0.3, -0.25) is 4.79 Å². The first kappa shape index (κ1) is 13.2. The summed E-state index contributed by atoms with van der Waals surface area (Å²) in [5, 5.41) is 0. The van der Waals surface area contributed by atoms with Crippen molar-refractivity contribution >= 4 is 5.97 Å². The highest BCUT2D eigenvalue weighted by Crippen LogP contribution is 2.23. The number of hydrogen-bond acceptors (Lipinski definition) is 2. The lowest BCUT2D eigenvalue weighted by Gasteiger charge is -2.17. The van der Waals surface area contributed by atoms with Crippen LogP contribution in [0.1, 0.15) is 46.0 Å². The molecule has 0 aromatic rings. The molecule has 0 radical (unpaired) electrons. The number of esters is 1. The second-order valence-electron chi connectivity index (χ2n) is 4.90. The Bertz CT molecular complexity index is 242. The maximum absolute atomic E-state index is 12.2. The second kappa shape index (κ2) is 6.66. The molecule has 0 amide bonds. The number of halogens is 1. The Kier molecular flexibility index (Phi) is 5.50. The molecule has 0 aromatic heterocycles. The smallest absolute Gasteiger partial charge is 0.313 e. The minimum atomic E-state index is -0.425. The zero-order valence-electron chi connectivity index (χ0n) is 10.1. The first-order chi connectivity index (χ1) is 7.63. The Balaban J connectivity index is 2.45. The van der Waals surface area contributed by atoms with Crippen LogP contribution in [0.25, 0.3) is 0 Å². The lowest BCUT2D eigenvalue weighted by atomic mass is 9.97. The Morgan fingerprint density at radius 1 is 1.44 bits per heavy atom. The topological polar surface area (TPSA) is 26.3 Å². The van der Waals surface area contributed by atoms with Crippen LogP contribution >= 0.6 is 0 Å². The summed E-state index contributed by atoms with van der Waals surface area (Å²) in [7, 11) is 0. The van der Waals surface area contributed by atoms with Crippen LogP contribution < -0.4 is 0 Å². The van der Waals surface area contributed by atoms with Gasteiger partial charge in [-0.2, -0.15) is 0 Å². The van der Waals surface area contributed by atoms with Gasteiger partial charge in [0.15, 0.2) is 0 Å². The Morgan fingerprint density at radius 2 is 2.06 bits per heavy atom. The fraction of sp³-hybridized carbons (Fsp3) is 0.769. The van der Waals surface area contributed by atoms with Crippen LogP contribution in [0.3, 0.4) is 0 Å². The number of carbonyl (C=O) groups is 1. The van der Waals surface area contributed by atoms with Crippen molar-refractivity contribution in [3.63, 3.8) is 0 Å². The molecule has 0 heterocycles. The molecule has 1 fully saturated rings. The number of hydrogen-bond donors (Lipinski definition) is 0. The van der Waals surface area contributed by atoms with Gasteiger partial charge in [0.2, 0.25) is 0 Å². The van der Waals surface area contributed by atoms with Crippen LogP contribution in [-0.2, 0) is 9.53 Å². The lowest BCUT2D eigenvalue weighted by Crippen LogP contribution is -2.22. The van der Waals surface area contributed by atoms with Gasteiger partial charge in [-0.15, -0.1) is 0 Å². The third-order valence-electron chi connectivity index (χ3n) is 2.92. The molecular formula is C13H21FO2. The highest BCUT2D eigenvalue weighted by atomic mass is 19.1. The van der Waals surface area contributed by atoms with Crippen molar-refractivity contribution < 1.29 is 13.9 Å². The molecule has 1 aliphatic carbocycles. The third-order valence-corrected chi connectivity index (χ3v) is 2.92. The van der Waals surface area contributed by atoms with Crippen LogP contribution in [0, 0.1) is 11.8 Å². The maximum atomic E-state index is 12.2. The Morgan fingerprint density at radius 3 is 2.56 bits per heavy atom. The Labute approximate surface area is 96.9 Å². The van der Waals surface area contributed by atoms with Crippen LogP contribution in [0.5, 0.6) is 0 Å². The van der Waals surface area contributed by atoms with Crippen LogP contribution in [-0.4, -0.2) is 12.1 Å². The van der Waals surface area contributed by atoms with E-state index in [9.17, 15) is 9.18 Å². The molecule has 1 atom stereocenters. The predicted molar refractivity (Wildman–Crippen MR) is 61.5 cm³/mol. The molecule has 0 N–H and O–H groups in total. The minimum Gasteiger partial charge on any atom is -0.462 e. The van der Waals surface area contributed by atoms with Gasteiger partial charge in [0.25, 0.3) is 0 Å². The quantitative estimate of drug-likeness (QED) is 0.672. The number of ether oxygens (including phenoxy) is 1. The fourth-order valence-corrected chi connectivity index (χ4v) is 2.11. The van der Waals surface area contributed by atoms with E-state index in [-0.39, 0.29) is 12.1 Å². The van der Waals surface area contributed by atoms with Crippen molar-refractivity contribution in [1.29, 1.82) is 0 Å². The van der Waals surface area contributed by atoms with E-state index in [1.165, 1.54) is 6.08 Å². The van der Waals surface area contributed by atoms with E-state index < -0.39 is 5.92 Å². The highest BCUT2D eigenvalue weighted by molar-refractivity contribution is 5.74. The molecular weight excluding hydrogens is 207 g/mol. The SMILES string of the molecule is CC(C)C[C@H](/C=C/F)C(=O)OC1CCCC1. The summed E-state index contributed by atoms with van der Waals surface area (Å²) in [6.07, 6.45) is 6.64. The zero-order chi connectivity index (χ0) is 12.0. The summed E-state index contributed by atoms with van der Waals surface area (Å²) in [6, 6.07) is 0. The molecule has 0 bridgehead atoms. The van der Waals surface area contributed by atoms with E-state index >= 15 is 0 Å². The summed E-state index contributed by atoms with van der Waals surface area (Å²) in [4.78, 5) is 11.8. The molecule has 0 saturated heterocycles. The minimum absolute atomic E-state index is 0.0650. The normalized spacial score (nSPS) is 19.5. The van der Waals surface area contributed by atoms with E-state index in [2.05, 4.69) is 0 Å². The van der Waals surface area contributed by atoms with Gasteiger partial charge < -0.3 is 4.74 Å². The largest absolute Gasteiger partial charge is 0.462 e. The van der Waals surface area contributed by atoms with E-state index in [1.807, 2.05) is 13.8 Å². The van der Waals surface area contributed by atoms with E-state index in [0.717, 1.165) is 25.7 Å². The molecule has 16 heavy (non-hydrogen) atoms. The van der Waals surface area contributed by atoms with Crippen LogP contribution in [0.4, 0.5) is 4.39 Å². The van der Waals surface area contributed by atoms with Gasteiger partial charge in [-0.1, -0.05) is 13.8 Å². The standard InChI is InChI=1S/C13H21FO2/c1-10(2)9-11(7-8-14)13(15)16-12-5-3-4-6-12/h7-8,10-12H,3-6,9H2,1-2H3/b8-7+/t11-/m0/s1. The van der Waals surface area contributed by atoms with Gasteiger partial charge >= 0.3 is 5.97 Å². The van der Waals surface area contributed by atoms with Crippen LogP contribution in [0.15, 0.2) is 12.4 Å². The molecule has 0 unspecified atom stereocenters. The monoisotopic (exact) mass is 228 g/mol. The number of carbonyl (C=O) groups excluding carboxylic acids is 1. The first-order valence-electron chi connectivity index (χ1n) is 6.11. The summed E-state index contributed by atoms with van der Waals surface area (Å²) in [6.45, 7) is 4.03. The molecule has 0 aromatic carbocycles. The van der Waals surface area contributed by atoms with Gasteiger partial charge in [-0.05, 0) is 44.1 Å². The molecule has 3 heteroatoms. The molecule has 92 valence electrons. The fourth-order valence-electron chi connectivity index (χ4n) is 2.11. The van der Waals surface area contributed by atoms with Crippen molar-refractivity contribution in [2.75, 3.05) is 0 Å². The highest BCUT2D eigenvalue weighted by Gasteiger charge is 2.24. The molecule has 1 rings (SSSR count). The van der Waals surface area contributed by atoms with Crippen molar-refractivity contribution in [3.8, 4) is 0 Å². The number of rotatable bonds is 5. The predicted octanol–water partition coefficient (Wildman–Crippen LogP) is 3.62. The van der Waals surface area contributed by atoms with Crippen molar-refractivity contribution in [3.05, 3.63) is 12.4 Å². The van der Waals surface area contributed by atoms with E-state index in [1.54, 1.807) is 0 Å². The summed E-state index contributed by atoms with van der Waals surface area (Å²) < 4.78 is 17.5. The first-order valence-corrected chi connectivity index (χ1v) is 6.11. The van der Waals surface area contributed by atoms with Crippen molar-refractivity contribution in [2.24, 2.45) is 11.8 Å². The lowest BCUT2D eigenvalue weighted by molar-refractivity contribution is -0.152. The maximum Gasteiger partial charge on any atom is 0.313 e. The van der Waals surface area contributed by atoms with Crippen molar-refractivity contribution in [2.45, 2.75) is 52.1 Å². The van der Waals surface area contributed by atoms with Gasteiger partial charge in [0.05, 0.1) is 12.2 Å². The van der Waals surface area contributed by atoms with Gasteiger partial charge in [0, 0.05) is 0 Å². The molecule has 0 spiro atoms. The molecule has 1 saturated carbocycles. The zero-order valence-corrected chi connectivity index (χ0v) is 10.1. The average Bonchev–Trinajstić information content (AvgIpc) is 2.69.